The minimum atomic E-state index is -0.327. The van der Waals surface area contributed by atoms with Crippen LogP contribution in [-0.2, 0) is 9.59 Å². The first-order chi connectivity index (χ1) is 11.5. The molecule has 2 N–H and O–H groups in total. The van der Waals surface area contributed by atoms with Crippen LogP contribution in [0.1, 0.15) is 30.6 Å². The summed E-state index contributed by atoms with van der Waals surface area (Å²) < 4.78 is 5.06. The number of anilines is 2. The van der Waals surface area contributed by atoms with Gasteiger partial charge in [0.05, 0.1) is 0 Å². The molecule has 0 aromatic heterocycles. The Hall–Kier alpha value is -3.15. The van der Waals surface area contributed by atoms with Gasteiger partial charge in [-0.25, -0.2) is 0 Å². The van der Waals surface area contributed by atoms with Gasteiger partial charge in [-0.3, -0.25) is 14.4 Å². The minimum absolute atomic E-state index is 0.157. The molecule has 0 bridgehead atoms. The number of carbonyl (C=O) groups is 3. The first kappa shape index (κ1) is 17.2. The summed E-state index contributed by atoms with van der Waals surface area (Å²) in [6.07, 6.45) is 0.288. The molecule has 0 saturated heterocycles. The Morgan fingerprint density at radius 1 is 0.875 bits per heavy atom. The van der Waals surface area contributed by atoms with Crippen LogP contribution in [0.4, 0.5) is 11.4 Å². The quantitative estimate of drug-likeness (QED) is 0.653. The van der Waals surface area contributed by atoms with E-state index in [-0.39, 0.29) is 24.2 Å². The Balaban J connectivity index is 1.99. The van der Waals surface area contributed by atoms with Crippen LogP contribution in [0.2, 0.25) is 0 Å². The van der Waals surface area contributed by atoms with Gasteiger partial charge in [0.15, 0.2) is 0 Å². The molecule has 0 aliphatic carbocycles. The summed E-state index contributed by atoms with van der Waals surface area (Å²) in [4.78, 5) is 34.3. The van der Waals surface area contributed by atoms with Crippen LogP contribution < -0.4 is 15.4 Å². The van der Waals surface area contributed by atoms with Crippen molar-refractivity contribution in [3.63, 3.8) is 0 Å². The highest BCUT2D eigenvalue weighted by molar-refractivity contribution is 6.04. The first-order valence-electron chi connectivity index (χ1n) is 7.47. The number of nitrogens with one attached hydrogen (secondary N) is 2. The van der Waals surface area contributed by atoms with E-state index in [0.29, 0.717) is 22.7 Å². The molecule has 0 atom stereocenters. The molecule has 24 heavy (non-hydrogen) atoms. The normalized spacial score (nSPS) is 9.92. The molecular formula is C18H18N2O4. The maximum absolute atomic E-state index is 12.2. The van der Waals surface area contributed by atoms with E-state index in [0.717, 1.165) is 0 Å². The maximum atomic E-state index is 12.2. The van der Waals surface area contributed by atoms with Crippen LogP contribution in [-0.4, -0.2) is 17.8 Å². The van der Waals surface area contributed by atoms with E-state index >= 15 is 0 Å². The van der Waals surface area contributed by atoms with Crippen LogP contribution in [0.5, 0.6) is 5.75 Å². The zero-order valence-electron chi connectivity index (χ0n) is 13.5. The summed E-state index contributed by atoms with van der Waals surface area (Å²) in [7, 11) is 0. The molecule has 2 aromatic carbocycles. The van der Waals surface area contributed by atoms with Gasteiger partial charge in [0.2, 0.25) is 5.91 Å². The van der Waals surface area contributed by atoms with Gasteiger partial charge in [0, 0.05) is 30.3 Å². The zero-order chi connectivity index (χ0) is 17.5. The molecule has 0 aliphatic heterocycles. The molecule has 6 nitrogen and oxygen atoms in total. The number of hydrogen-bond donors (Lipinski definition) is 2. The Bertz CT molecular complexity index is 737. The van der Waals surface area contributed by atoms with Crippen molar-refractivity contribution in [2.45, 2.75) is 20.3 Å². The molecule has 2 amide bonds. The van der Waals surface area contributed by atoms with E-state index < -0.39 is 0 Å². The topological polar surface area (TPSA) is 84.5 Å². The second kappa shape index (κ2) is 7.92. The highest BCUT2D eigenvalue weighted by atomic mass is 16.5. The Labute approximate surface area is 139 Å². The fourth-order valence-electron chi connectivity index (χ4n) is 1.92. The lowest BCUT2D eigenvalue weighted by atomic mass is 10.2. The fraction of sp³-hybridized carbons (Fsp3) is 0.167. The van der Waals surface area contributed by atoms with Crippen molar-refractivity contribution in [3.8, 4) is 5.75 Å². The zero-order valence-corrected chi connectivity index (χ0v) is 13.5. The average Bonchev–Trinajstić information content (AvgIpc) is 2.56. The molecule has 2 rings (SSSR count). The van der Waals surface area contributed by atoms with Gasteiger partial charge >= 0.3 is 5.97 Å². The molecule has 0 aliphatic rings. The Kier molecular flexibility index (Phi) is 5.68. The molecule has 0 heterocycles. The van der Waals surface area contributed by atoms with Crippen LogP contribution in [0, 0.1) is 0 Å². The third-order valence-electron chi connectivity index (χ3n) is 3.10. The lowest BCUT2D eigenvalue weighted by Crippen LogP contribution is -2.12. The van der Waals surface area contributed by atoms with Gasteiger partial charge in [0.1, 0.15) is 5.75 Å². The van der Waals surface area contributed by atoms with Crippen molar-refractivity contribution in [1.82, 2.24) is 0 Å². The Morgan fingerprint density at radius 3 is 1.92 bits per heavy atom. The SMILES string of the molecule is CCC(=O)Oc1ccc(C(=O)Nc2ccc(NC(C)=O)cc2)cc1. The van der Waals surface area contributed by atoms with Crippen LogP contribution in [0.25, 0.3) is 0 Å². The number of ether oxygens (including phenoxy) is 1. The average molecular weight is 326 g/mol. The van der Waals surface area contributed by atoms with Crippen molar-refractivity contribution >= 4 is 29.2 Å². The molecule has 2 aromatic rings. The van der Waals surface area contributed by atoms with Gasteiger partial charge < -0.3 is 15.4 Å². The van der Waals surface area contributed by atoms with Gasteiger partial charge in [-0.2, -0.15) is 0 Å². The third-order valence-corrected chi connectivity index (χ3v) is 3.10. The van der Waals surface area contributed by atoms with E-state index in [1.54, 1.807) is 55.5 Å². The van der Waals surface area contributed by atoms with Crippen LogP contribution in [0.3, 0.4) is 0 Å². The number of amides is 2. The molecule has 0 fully saturated rings. The van der Waals surface area contributed by atoms with Crippen LogP contribution in [0.15, 0.2) is 48.5 Å². The lowest BCUT2D eigenvalue weighted by Gasteiger charge is -2.08. The van der Waals surface area contributed by atoms with E-state index in [9.17, 15) is 14.4 Å². The standard InChI is InChI=1S/C18H18N2O4/c1-3-17(22)24-16-10-4-13(5-11-16)18(23)20-15-8-6-14(7-9-15)19-12(2)21/h4-11H,3H2,1-2H3,(H,19,21)(H,20,23). The predicted molar refractivity (Wildman–Crippen MR) is 91.1 cm³/mol. The van der Waals surface area contributed by atoms with Crippen molar-refractivity contribution in [3.05, 3.63) is 54.1 Å². The number of esters is 1. The van der Waals surface area contributed by atoms with Crippen molar-refractivity contribution in [1.29, 1.82) is 0 Å². The minimum Gasteiger partial charge on any atom is -0.427 e. The molecule has 0 saturated carbocycles. The summed E-state index contributed by atoms with van der Waals surface area (Å²) in [6, 6.07) is 13.1. The van der Waals surface area contributed by atoms with Gasteiger partial charge in [0.25, 0.3) is 5.91 Å². The molecule has 124 valence electrons. The summed E-state index contributed by atoms with van der Waals surface area (Å²) in [5.41, 5.74) is 1.70. The van der Waals surface area contributed by atoms with Crippen LogP contribution >= 0.6 is 0 Å². The van der Waals surface area contributed by atoms with Crippen molar-refractivity contribution in [2.24, 2.45) is 0 Å². The number of benzene rings is 2. The highest BCUT2D eigenvalue weighted by Gasteiger charge is 2.08. The third kappa shape index (κ3) is 4.95. The Morgan fingerprint density at radius 2 is 1.42 bits per heavy atom. The van der Waals surface area contributed by atoms with E-state index in [1.165, 1.54) is 6.92 Å². The lowest BCUT2D eigenvalue weighted by molar-refractivity contribution is -0.134. The van der Waals surface area contributed by atoms with Crippen molar-refractivity contribution in [2.75, 3.05) is 10.6 Å². The first-order valence-corrected chi connectivity index (χ1v) is 7.47. The second-order valence-corrected chi connectivity index (χ2v) is 5.06. The summed E-state index contributed by atoms with van der Waals surface area (Å²) in [5.74, 6) is -0.365. The predicted octanol–water partition coefficient (Wildman–Crippen LogP) is 3.21. The van der Waals surface area contributed by atoms with E-state index in [2.05, 4.69) is 10.6 Å². The number of carbonyl (C=O) groups excluding carboxylic acids is 3. The molecule has 0 radical (unpaired) electrons. The molecule has 0 spiro atoms. The monoisotopic (exact) mass is 326 g/mol. The smallest absolute Gasteiger partial charge is 0.310 e. The van der Waals surface area contributed by atoms with Gasteiger partial charge in [-0.1, -0.05) is 6.92 Å². The highest BCUT2D eigenvalue weighted by Crippen LogP contribution is 2.17. The van der Waals surface area contributed by atoms with Crippen molar-refractivity contribution < 1.29 is 19.1 Å². The van der Waals surface area contributed by atoms with E-state index in [1.807, 2.05) is 0 Å². The summed E-state index contributed by atoms with van der Waals surface area (Å²) in [6.45, 7) is 3.14. The largest absolute Gasteiger partial charge is 0.427 e. The number of hydrogen-bond acceptors (Lipinski definition) is 4. The molecular weight excluding hydrogens is 308 g/mol. The molecule has 6 heteroatoms. The summed E-state index contributed by atoms with van der Waals surface area (Å²) in [5, 5.41) is 5.40. The summed E-state index contributed by atoms with van der Waals surface area (Å²) >= 11 is 0. The fourth-order valence-corrected chi connectivity index (χ4v) is 1.92. The maximum Gasteiger partial charge on any atom is 0.310 e. The van der Waals surface area contributed by atoms with Gasteiger partial charge in [-0.05, 0) is 48.5 Å². The second-order valence-electron chi connectivity index (χ2n) is 5.06. The number of rotatable bonds is 5. The van der Waals surface area contributed by atoms with Gasteiger partial charge in [-0.15, -0.1) is 0 Å². The van der Waals surface area contributed by atoms with E-state index in [4.69, 9.17) is 4.74 Å². The molecule has 0 unspecified atom stereocenters.